The maximum absolute atomic E-state index is 5.70. The summed E-state index contributed by atoms with van der Waals surface area (Å²) in [5.74, 6) is 0.679. The van der Waals surface area contributed by atoms with Crippen molar-refractivity contribution in [1.29, 1.82) is 0 Å². The van der Waals surface area contributed by atoms with Gasteiger partial charge in [0.2, 0.25) is 0 Å². The third-order valence-electron chi connectivity index (χ3n) is 1.98. The number of alkyl halides is 1. The molecular formula is C10H22ClNO2. The molecule has 3 nitrogen and oxygen atoms in total. The van der Waals surface area contributed by atoms with E-state index >= 15 is 0 Å². The van der Waals surface area contributed by atoms with E-state index in [0.29, 0.717) is 5.88 Å². The second kappa shape index (κ2) is 11.2. The van der Waals surface area contributed by atoms with Crippen LogP contribution in [-0.4, -0.2) is 57.3 Å². The number of nitrogens with zero attached hydrogens (tertiary/aromatic N) is 1. The minimum absolute atomic E-state index is 0.679. The molecule has 0 aromatic carbocycles. The Labute approximate surface area is 92.3 Å². The summed E-state index contributed by atoms with van der Waals surface area (Å²) in [6.45, 7) is 7.34. The van der Waals surface area contributed by atoms with Crippen molar-refractivity contribution in [3.05, 3.63) is 0 Å². The molecule has 0 spiro atoms. The maximum Gasteiger partial charge on any atom is 0.0589 e. The number of hydrogen-bond acceptors (Lipinski definition) is 3. The molecule has 0 rings (SSSR count). The van der Waals surface area contributed by atoms with Crippen LogP contribution in [0.5, 0.6) is 0 Å². The van der Waals surface area contributed by atoms with Gasteiger partial charge in [-0.2, -0.15) is 0 Å². The second-order valence-corrected chi connectivity index (χ2v) is 3.45. The van der Waals surface area contributed by atoms with Crippen molar-refractivity contribution < 1.29 is 9.47 Å². The summed E-state index contributed by atoms with van der Waals surface area (Å²) >= 11 is 5.70. The van der Waals surface area contributed by atoms with Crippen molar-refractivity contribution in [2.45, 2.75) is 13.3 Å². The monoisotopic (exact) mass is 223 g/mol. The molecule has 0 unspecified atom stereocenters. The fourth-order valence-corrected chi connectivity index (χ4v) is 1.45. The first-order valence-electron chi connectivity index (χ1n) is 5.20. The van der Waals surface area contributed by atoms with E-state index in [2.05, 4.69) is 4.90 Å². The van der Waals surface area contributed by atoms with Gasteiger partial charge in [-0.15, -0.1) is 11.6 Å². The van der Waals surface area contributed by atoms with Gasteiger partial charge in [-0.05, 0) is 13.3 Å². The number of halogens is 1. The van der Waals surface area contributed by atoms with Gasteiger partial charge in [0.25, 0.3) is 0 Å². The molecular weight excluding hydrogens is 202 g/mol. The normalized spacial score (nSPS) is 11.1. The van der Waals surface area contributed by atoms with E-state index in [-0.39, 0.29) is 0 Å². The van der Waals surface area contributed by atoms with Gasteiger partial charge in [-0.25, -0.2) is 0 Å². The molecule has 0 aliphatic rings. The molecule has 4 heteroatoms. The molecule has 0 aliphatic heterocycles. The molecule has 0 radical (unpaired) electrons. The van der Waals surface area contributed by atoms with Gasteiger partial charge in [-0.1, -0.05) is 0 Å². The maximum atomic E-state index is 5.70. The number of methoxy groups -OCH3 is 1. The van der Waals surface area contributed by atoms with E-state index < -0.39 is 0 Å². The Morgan fingerprint density at radius 2 is 1.93 bits per heavy atom. The molecule has 0 aromatic heterocycles. The Bertz CT molecular complexity index is 114. The van der Waals surface area contributed by atoms with Crippen molar-refractivity contribution in [1.82, 2.24) is 4.90 Å². The summed E-state index contributed by atoms with van der Waals surface area (Å²) in [7, 11) is 1.72. The first kappa shape index (κ1) is 14.2. The SMILES string of the molecule is CCOCCCN(CCCl)CCOC. The average molecular weight is 224 g/mol. The van der Waals surface area contributed by atoms with E-state index in [4.69, 9.17) is 21.1 Å². The molecule has 0 atom stereocenters. The average Bonchev–Trinajstić information content (AvgIpc) is 2.20. The standard InChI is InChI=1S/C10H22ClNO2/c1-3-14-9-4-6-12(7-5-11)8-10-13-2/h3-10H2,1-2H3. The third-order valence-corrected chi connectivity index (χ3v) is 2.15. The molecule has 0 heterocycles. The van der Waals surface area contributed by atoms with Crippen molar-refractivity contribution >= 4 is 11.6 Å². The Balaban J connectivity index is 3.40. The zero-order valence-electron chi connectivity index (χ0n) is 9.30. The van der Waals surface area contributed by atoms with Crippen LogP contribution in [0.15, 0.2) is 0 Å². The predicted octanol–water partition coefficient (Wildman–Crippen LogP) is 1.60. The van der Waals surface area contributed by atoms with Crippen LogP contribution < -0.4 is 0 Å². The predicted molar refractivity (Wildman–Crippen MR) is 60.1 cm³/mol. The molecule has 0 N–H and O–H groups in total. The minimum atomic E-state index is 0.679. The molecule has 86 valence electrons. The van der Waals surface area contributed by atoms with Gasteiger partial charge in [0.05, 0.1) is 6.61 Å². The lowest BCUT2D eigenvalue weighted by atomic mass is 10.4. The van der Waals surface area contributed by atoms with Crippen LogP contribution in [0, 0.1) is 0 Å². The fraction of sp³-hybridized carbons (Fsp3) is 1.00. The van der Waals surface area contributed by atoms with Crippen LogP contribution in [0.25, 0.3) is 0 Å². The van der Waals surface area contributed by atoms with Crippen LogP contribution in [0.4, 0.5) is 0 Å². The zero-order chi connectivity index (χ0) is 10.6. The topological polar surface area (TPSA) is 21.7 Å². The van der Waals surface area contributed by atoms with Crippen molar-refractivity contribution in [2.75, 3.05) is 52.4 Å². The summed E-state index contributed by atoms with van der Waals surface area (Å²) in [5.41, 5.74) is 0. The largest absolute Gasteiger partial charge is 0.383 e. The van der Waals surface area contributed by atoms with Gasteiger partial charge < -0.3 is 9.47 Å². The molecule has 0 saturated heterocycles. The lowest BCUT2D eigenvalue weighted by Crippen LogP contribution is -2.31. The van der Waals surface area contributed by atoms with Crippen LogP contribution in [0.2, 0.25) is 0 Å². The highest BCUT2D eigenvalue weighted by Gasteiger charge is 2.02. The summed E-state index contributed by atoms with van der Waals surface area (Å²) < 4.78 is 10.3. The van der Waals surface area contributed by atoms with Gasteiger partial charge in [-0.3, -0.25) is 4.90 Å². The second-order valence-electron chi connectivity index (χ2n) is 3.07. The fourth-order valence-electron chi connectivity index (χ4n) is 1.21. The van der Waals surface area contributed by atoms with E-state index in [1.54, 1.807) is 7.11 Å². The Kier molecular flexibility index (Phi) is 11.4. The Morgan fingerprint density at radius 1 is 1.14 bits per heavy atom. The summed E-state index contributed by atoms with van der Waals surface area (Å²) in [5, 5.41) is 0. The molecule has 0 aromatic rings. The van der Waals surface area contributed by atoms with Crippen molar-refractivity contribution in [3.63, 3.8) is 0 Å². The lowest BCUT2D eigenvalue weighted by Gasteiger charge is -2.20. The van der Waals surface area contributed by atoms with Gasteiger partial charge >= 0.3 is 0 Å². The highest BCUT2D eigenvalue weighted by molar-refractivity contribution is 6.18. The van der Waals surface area contributed by atoms with E-state index in [1.165, 1.54) is 0 Å². The molecule has 0 aliphatic carbocycles. The van der Waals surface area contributed by atoms with Crippen LogP contribution >= 0.6 is 11.6 Å². The number of ether oxygens (including phenoxy) is 2. The molecule has 0 bridgehead atoms. The highest BCUT2D eigenvalue weighted by atomic mass is 35.5. The molecule has 0 saturated carbocycles. The Morgan fingerprint density at radius 3 is 2.50 bits per heavy atom. The third kappa shape index (κ3) is 8.75. The van der Waals surface area contributed by atoms with Crippen molar-refractivity contribution in [2.24, 2.45) is 0 Å². The van der Waals surface area contributed by atoms with Crippen LogP contribution in [0.3, 0.4) is 0 Å². The quantitative estimate of drug-likeness (QED) is 0.415. The van der Waals surface area contributed by atoms with Crippen LogP contribution in [0.1, 0.15) is 13.3 Å². The van der Waals surface area contributed by atoms with Gasteiger partial charge in [0.15, 0.2) is 0 Å². The van der Waals surface area contributed by atoms with E-state index in [9.17, 15) is 0 Å². The summed E-state index contributed by atoms with van der Waals surface area (Å²) in [4.78, 5) is 2.30. The van der Waals surface area contributed by atoms with Crippen molar-refractivity contribution in [3.8, 4) is 0 Å². The van der Waals surface area contributed by atoms with E-state index in [0.717, 1.165) is 45.9 Å². The van der Waals surface area contributed by atoms with Gasteiger partial charge in [0.1, 0.15) is 0 Å². The van der Waals surface area contributed by atoms with Gasteiger partial charge in [0, 0.05) is 45.8 Å². The number of rotatable bonds is 10. The zero-order valence-corrected chi connectivity index (χ0v) is 10.1. The Hall–Kier alpha value is 0.170. The number of hydrogen-bond donors (Lipinski definition) is 0. The summed E-state index contributed by atoms with van der Waals surface area (Å²) in [6.07, 6.45) is 1.06. The molecule has 14 heavy (non-hydrogen) atoms. The highest BCUT2D eigenvalue weighted by Crippen LogP contribution is 1.94. The lowest BCUT2D eigenvalue weighted by molar-refractivity contribution is 0.119. The molecule has 0 fully saturated rings. The minimum Gasteiger partial charge on any atom is -0.383 e. The molecule has 0 amide bonds. The summed E-state index contributed by atoms with van der Waals surface area (Å²) in [6, 6.07) is 0. The first-order chi connectivity index (χ1) is 6.85. The van der Waals surface area contributed by atoms with Crippen LogP contribution in [-0.2, 0) is 9.47 Å². The first-order valence-corrected chi connectivity index (χ1v) is 5.73. The van der Waals surface area contributed by atoms with E-state index in [1.807, 2.05) is 6.92 Å². The smallest absolute Gasteiger partial charge is 0.0589 e.